The van der Waals surface area contributed by atoms with Gasteiger partial charge in [-0.25, -0.2) is 0 Å². The van der Waals surface area contributed by atoms with E-state index in [4.69, 9.17) is 4.74 Å². The molecule has 1 heterocycles. The van der Waals surface area contributed by atoms with Crippen LogP contribution in [-0.2, 0) is 6.42 Å². The Bertz CT molecular complexity index is 577. The first-order valence-electron chi connectivity index (χ1n) is 7.24. The summed E-state index contributed by atoms with van der Waals surface area (Å²) in [6, 6.07) is 16.2. The summed E-state index contributed by atoms with van der Waals surface area (Å²) in [5.74, 6) is 1.05. The number of benzene rings is 2. The Morgan fingerprint density at radius 3 is 2.65 bits per heavy atom. The van der Waals surface area contributed by atoms with Crippen molar-refractivity contribution >= 4 is 0 Å². The molecule has 2 aromatic rings. The number of fused-ring (bicyclic) bond motifs is 1. The Kier molecular flexibility index (Phi) is 3.75. The minimum Gasteiger partial charge on any atom is -0.493 e. The highest BCUT2D eigenvalue weighted by molar-refractivity contribution is 5.40. The largest absolute Gasteiger partial charge is 0.493 e. The molecule has 104 valence electrons. The van der Waals surface area contributed by atoms with Gasteiger partial charge in [-0.15, -0.1) is 0 Å². The highest BCUT2D eigenvalue weighted by Gasteiger charge is 2.20. The monoisotopic (exact) mass is 268 g/mol. The molecule has 0 fully saturated rings. The van der Waals surface area contributed by atoms with Gasteiger partial charge >= 0.3 is 0 Å². The number of aliphatic hydroxyl groups is 1. The van der Waals surface area contributed by atoms with Crippen LogP contribution in [-0.4, -0.2) is 11.7 Å². The van der Waals surface area contributed by atoms with Crippen LogP contribution in [0.15, 0.2) is 48.5 Å². The maximum atomic E-state index is 10.6. The van der Waals surface area contributed by atoms with E-state index in [1.165, 1.54) is 5.56 Å². The Hall–Kier alpha value is -1.80. The molecule has 2 nitrogen and oxygen atoms in total. The van der Waals surface area contributed by atoms with Crippen LogP contribution in [0.3, 0.4) is 0 Å². The van der Waals surface area contributed by atoms with Crippen LogP contribution < -0.4 is 4.74 Å². The van der Waals surface area contributed by atoms with E-state index in [9.17, 15) is 5.11 Å². The van der Waals surface area contributed by atoms with Crippen LogP contribution in [0.25, 0.3) is 0 Å². The molecule has 3 rings (SSSR count). The molecule has 2 atom stereocenters. The number of aliphatic hydroxyl groups excluding tert-OH is 1. The van der Waals surface area contributed by atoms with Gasteiger partial charge in [0, 0.05) is 5.92 Å². The second-order valence-corrected chi connectivity index (χ2v) is 5.46. The molecule has 0 saturated carbocycles. The quantitative estimate of drug-likeness (QED) is 0.916. The third kappa shape index (κ3) is 2.56. The summed E-state index contributed by atoms with van der Waals surface area (Å²) in [6.07, 6.45) is 1.61. The molecule has 0 amide bonds. The van der Waals surface area contributed by atoms with Gasteiger partial charge in [-0.3, -0.25) is 0 Å². The van der Waals surface area contributed by atoms with Crippen molar-refractivity contribution in [2.75, 3.05) is 6.61 Å². The van der Waals surface area contributed by atoms with E-state index in [2.05, 4.69) is 25.1 Å². The van der Waals surface area contributed by atoms with Crippen molar-refractivity contribution in [1.29, 1.82) is 0 Å². The van der Waals surface area contributed by atoms with Gasteiger partial charge < -0.3 is 9.84 Å². The molecule has 0 aliphatic carbocycles. The van der Waals surface area contributed by atoms with Crippen LogP contribution >= 0.6 is 0 Å². The van der Waals surface area contributed by atoms with Crippen LogP contribution in [0, 0.1) is 0 Å². The molecule has 0 radical (unpaired) electrons. The average molecular weight is 268 g/mol. The second kappa shape index (κ2) is 5.68. The Morgan fingerprint density at radius 2 is 1.85 bits per heavy atom. The Balaban J connectivity index is 1.85. The minimum absolute atomic E-state index is 0.0822. The molecule has 1 aliphatic rings. The van der Waals surface area contributed by atoms with Crippen molar-refractivity contribution in [3.05, 3.63) is 65.2 Å². The molecule has 1 aliphatic heterocycles. The van der Waals surface area contributed by atoms with Gasteiger partial charge in [-0.05, 0) is 41.7 Å². The maximum Gasteiger partial charge on any atom is 0.122 e. The molecular weight excluding hydrogens is 248 g/mol. The fourth-order valence-corrected chi connectivity index (χ4v) is 2.79. The van der Waals surface area contributed by atoms with Crippen molar-refractivity contribution in [2.24, 2.45) is 0 Å². The van der Waals surface area contributed by atoms with Crippen molar-refractivity contribution in [3.8, 4) is 5.75 Å². The fourth-order valence-electron chi connectivity index (χ4n) is 2.79. The fraction of sp³-hybridized carbons (Fsp3) is 0.333. The smallest absolute Gasteiger partial charge is 0.122 e. The Labute approximate surface area is 120 Å². The van der Waals surface area contributed by atoms with Crippen LogP contribution in [0.5, 0.6) is 5.75 Å². The lowest BCUT2D eigenvalue weighted by molar-refractivity contribution is 0.151. The van der Waals surface area contributed by atoms with Crippen molar-refractivity contribution in [1.82, 2.24) is 0 Å². The summed E-state index contributed by atoms with van der Waals surface area (Å²) >= 11 is 0. The molecule has 20 heavy (non-hydrogen) atoms. The molecule has 0 spiro atoms. The molecule has 0 saturated heterocycles. The summed E-state index contributed by atoms with van der Waals surface area (Å²) in [7, 11) is 0. The number of hydrogen-bond acceptors (Lipinski definition) is 2. The Morgan fingerprint density at radius 1 is 1.05 bits per heavy atom. The SMILES string of the molecule is CC(c1ccccc1)C(O)c1ccc2c(c1)CCCO2. The zero-order chi connectivity index (χ0) is 13.9. The van der Waals surface area contributed by atoms with E-state index in [1.54, 1.807) is 0 Å². The lowest BCUT2D eigenvalue weighted by Gasteiger charge is -2.23. The molecule has 1 N–H and O–H groups in total. The standard InChI is InChI=1S/C18H20O2/c1-13(14-6-3-2-4-7-14)18(19)16-9-10-17-15(12-16)8-5-11-20-17/h2-4,6-7,9-10,12-13,18-19H,5,8,11H2,1H3. The zero-order valence-electron chi connectivity index (χ0n) is 11.8. The van der Waals surface area contributed by atoms with Gasteiger partial charge in [0.25, 0.3) is 0 Å². The zero-order valence-corrected chi connectivity index (χ0v) is 11.8. The van der Waals surface area contributed by atoms with E-state index < -0.39 is 6.10 Å². The van der Waals surface area contributed by atoms with E-state index in [-0.39, 0.29) is 5.92 Å². The summed E-state index contributed by atoms with van der Waals surface area (Å²) < 4.78 is 5.62. The summed E-state index contributed by atoms with van der Waals surface area (Å²) in [5.41, 5.74) is 3.35. The first kappa shape index (κ1) is 13.2. The maximum absolute atomic E-state index is 10.6. The third-order valence-electron chi connectivity index (χ3n) is 4.07. The van der Waals surface area contributed by atoms with E-state index in [1.807, 2.05) is 30.3 Å². The molecular formula is C18H20O2. The first-order chi connectivity index (χ1) is 9.75. The molecule has 0 bridgehead atoms. The molecule has 2 heteroatoms. The normalized spacial score (nSPS) is 16.9. The summed E-state index contributed by atoms with van der Waals surface area (Å²) in [5, 5.41) is 10.6. The van der Waals surface area contributed by atoms with E-state index >= 15 is 0 Å². The van der Waals surface area contributed by atoms with Gasteiger partial charge in [0.1, 0.15) is 5.75 Å². The summed E-state index contributed by atoms with van der Waals surface area (Å²) in [4.78, 5) is 0. The van der Waals surface area contributed by atoms with Crippen LogP contribution in [0.2, 0.25) is 0 Å². The number of hydrogen-bond donors (Lipinski definition) is 1. The van der Waals surface area contributed by atoms with Gasteiger partial charge in [0.2, 0.25) is 0 Å². The second-order valence-electron chi connectivity index (χ2n) is 5.46. The van der Waals surface area contributed by atoms with Crippen molar-refractivity contribution in [3.63, 3.8) is 0 Å². The van der Waals surface area contributed by atoms with Crippen LogP contribution in [0.4, 0.5) is 0 Å². The lowest BCUT2D eigenvalue weighted by atomic mass is 9.89. The van der Waals surface area contributed by atoms with Gasteiger partial charge in [-0.1, -0.05) is 43.3 Å². The van der Waals surface area contributed by atoms with Crippen molar-refractivity contribution in [2.45, 2.75) is 31.8 Å². The number of aryl methyl sites for hydroxylation is 1. The van der Waals surface area contributed by atoms with Crippen molar-refractivity contribution < 1.29 is 9.84 Å². The van der Waals surface area contributed by atoms with Gasteiger partial charge in [0.05, 0.1) is 12.7 Å². The molecule has 2 aromatic carbocycles. The highest BCUT2D eigenvalue weighted by Crippen LogP contribution is 2.34. The predicted octanol–water partition coefficient (Wildman–Crippen LogP) is 3.85. The third-order valence-corrected chi connectivity index (χ3v) is 4.07. The lowest BCUT2D eigenvalue weighted by Crippen LogP contribution is -2.11. The summed E-state index contributed by atoms with van der Waals surface area (Å²) in [6.45, 7) is 2.87. The molecule has 0 aromatic heterocycles. The van der Waals surface area contributed by atoms with Gasteiger partial charge in [0.15, 0.2) is 0 Å². The number of rotatable bonds is 3. The topological polar surface area (TPSA) is 29.5 Å². The number of ether oxygens (including phenoxy) is 1. The molecule has 2 unspecified atom stereocenters. The van der Waals surface area contributed by atoms with E-state index in [0.29, 0.717) is 0 Å². The first-order valence-corrected chi connectivity index (χ1v) is 7.24. The minimum atomic E-state index is -0.482. The van der Waals surface area contributed by atoms with E-state index in [0.717, 1.165) is 36.3 Å². The predicted molar refractivity (Wildman–Crippen MR) is 80.1 cm³/mol. The van der Waals surface area contributed by atoms with Gasteiger partial charge in [-0.2, -0.15) is 0 Å². The van der Waals surface area contributed by atoms with Crippen LogP contribution in [0.1, 0.15) is 42.1 Å². The highest BCUT2D eigenvalue weighted by atomic mass is 16.5. The average Bonchev–Trinajstić information content (AvgIpc) is 2.54.